The highest BCUT2D eigenvalue weighted by molar-refractivity contribution is 7.91. The lowest BCUT2D eigenvalue weighted by Gasteiger charge is -2.31. The number of carbonyl (C=O) groups excluding carboxylic acids is 1. The van der Waals surface area contributed by atoms with Crippen LogP contribution in [-0.2, 0) is 16.6 Å². The van der Waals surface area contributed by atoms with Crippen molar-refractivity contribution >= 4 is 55.9 Å². The second-order valence-corrected chi connectivity index (χ2v) is 11.5. The molecule has 1 amide bonds. The fourth-order valence-corrected chi connectivity index (χ4v) is 6.44. The van der Waals surface area contributed by atoms with Gasteiger partial charge in [0.05, 0.1) is 6.54 Å². The van der Waals surface area contributed by atoms with Gasteiger partial charge in [-0.15, -0.1) is 21.5 Å². The van der Waals surface area contributed by atoms with Gasteiger partial charge in [-0.25, -0.2) is 13.1 Å². The maximum absolute atomic E-state index is 12.4. The summed E-state index contributed by atoms with van der Waals surface area (Å²) in [5.41, 5.74) is 0.637. The monoisotopic (exact) mass is 497 g/mol. The van der Waals surface area contributed by atoms with Gasteiger partial charge in [0.2, 0.25) is 15.0 Å². The fraction of sp³-hybridized carbons (Fsp3) is 0.316. The van der Waals surface area contributed by atoms with E-state index >= 15 is 0 Å². The topological polar surface area (TPSA) is 104 Å². The SMILES string of the molecule is O=C(Nc1ccc(Cl)cc1)c1nnc(CN2CCC(NS(=O)(=O)c3cccs3)CC2)s1. The predicted octanol–water partition coefficient (Wildman–Crippen LogP) is 3.45. The highest BCUT2D eigenvalue weighted by Crippen LogP contribution is 2.21. The van der Waals surface area contributed by atoms with E-state index in [0.29, 0.717) is 39.3 Å². The molecular formula is C19H20ClN5O3S3. The lowest BCUT2D eigenvalue weighted by atomic mass is 10.1. The third-order valence-corrected chi connectivity index (χ3v) is 8.87. The molecule has 1 aliphatic rings. The molecule has 31 heavy (non-hydrogen) atoms. The second kappa shape index (κ2) is 9.72. The van der Waals surface area contributed by atoms with Crippen LogP contribution in [0.1, 0.15) is 27.7 Å². The van der Waals surface area contributed by atoms with Crippen LogP contribution in [0.4, 0.5) is 5.69 Å². The molecule has 0 spiro atoms. The van der Waals surface area contributed by atoms with Crippen LogP contribution in [0.2, 0.25) is 5.02 Å². The lowest BCUT2D eigenvalue weighted by molar-refractivity contribution is 0.102. The Morgan fingerprint density at radius 3 is 2.58 bits per heavy atom. The number of nitrogens with one attached hydrogen (secondary N) is 2. The average molecular weight is 498 g/mol. The number of amides is 1. The number of hydrogen-bond donors (Lipinski definition) is 2. The van der Waals surface area contributed by atoms with Gasteiger partial charge < -0.3 is 5.32 Å². The van der Waals surface area contributed by atoms with Crippen LogP contribution in [0.5, 0.6) is 0 Å². The van der Waals surface area contributed by atoms with Crippen molar-refractivity contribution in [2.75, 3.05) is 18.4 Å². The van der Waals surface area contributed by atoms with E-state index in [1.54, 1.807) is 41.8 Å². The Labute approximate surface area is 193 Å². The number of piperidine rings is 1. The lowest BCUT2D eigenvalue weighted by Crippen LogP contribution is -2.44. The molecule has 3 aromatic rings. The molecule has 0 saturated carbocycles. The first-order valence-electron chi connectivity index (χ1n) is 9.56. The molecule has 164 valence electrons. The minimum absolute atomic E-state index is 0.0847. The molecule has 2 N–H and O–H groups in total. The van der Waals surface area contributed by atoms with Crippen molar-refractivity contribution in [1.29, 1.82) is 0 Å². The molecule has 0 radical (unpaired) electrons. The molecule has 1 aliphatic heterocycles. The predicted molar refractivity (Wildman–Crippen MR) is 122 cm³/mol. The summed E-state index contributed by atoms with van der Waals surface area (Å²) in [6.07, 6.45) is 1.43. The summed E-state index contributed by atoms with van der Waals surface area (Å²) in [4.78, 5) is 14.6. The molecule has 1 aromatic carbocycles. The van der Waals surface area contributed by atoms with Gasteiger partial charge in [0, 0.05) is 29.8 Å². The van der Waals surface area contributed by atoms with Crippen molar-refractivity contribution in [2.24, 2.45) is 0 Å². The molecule has 12 heteroatoms. The Balaban J connectivity index is 1.27. The minimum atomic E-state index is -3.45. The van der Waals surface area contributed by atoms with E-state index in [2.05, 4.69) is 25.1 Å². The number of nitrogens with zero attached hydrogens (tertiary/aromatic N) is 3. The molecule has 1 fully saturated rings. The Morgan fingerprint density at radius 1 is 1.16 bits per heavy atom. The summed E-state index contributed by atoms with van der Waals surface area (Å²) in [5.74, 6) is -0.312. The average Bonchev–Trinajstić information content (AvgIpc) is 3.44. The van der Waals surface area contributed by atoms with Crippen LogP contribution >= 0.6 is 34.3 Å². The van der Waals surface area contributed by atoms with E-state index in [1.165, 1.54) is 22.7 Å². The normalized spacial score (nSPS) is 15.8. The van der Waals surface area contributed by atoms with Crippen molar-refractivity contribution in [3.05, 3.63) is 56.8 Å². The number of halogens is 1. The van der Waals surface area contributed by atoms with Crippen molar-refractivity contribution in [2.45, 2.75) is 29.6 Å². The van der Waals surface area contributed by atoms with Gasteiger partial charge >= 0.3 is 0 Å². The molecule has 2 aromatic heterocycles. The number of sulfonamides is 1. The molecule has 4 rings (SSSR count). The van der Waals surface area contributed by atoms with Crippen LogP contribution in [0, 0.1) is 0 Å². The largest absolute Gasteiger partial charge is 0.320 e. The summed E-state index contributed by atoms with van der Waals surface area (Å²) in [5, 5.41) is 14.3. The van der Waals surface area contributed by atoms with Gasteiger partial charge in [0.25, 0.3) is 5.91 Å². The van der Waals surface area contributed by atoms with Gasteiger partial charge in [-0.2, -0.15) is 0 Å². The fourth-order valence-electron chi connectivity index (χ4n) is 3.22. The molecule has 0 bridgehead atoms. The van der Waals surface area contributed by atoms with E-state index in [0.717, 1.165) is 18.1 Å². The molecule has 0 atom stereocenters. The van der Waals surface area contributed by atoms with Crippen molar-refractivity contribution in [3.63, 3.8) is 0 Å². The molecule has 0 unspecified atom stereocenters. The van der Waals surface area contributed by atoms with Crippen LogP contribution in [0.3, 0.4) is 0 Å². The van der Waals surface area contributed by atoms with Crippen molar-refractivity contribution in [3.8, 4) is 0 Å². The molecule has 8 nitrogen and oxygen atoms in total. The van der Waals surface area contributed by atoms with E-state index in [-0.39, 0.29) is 11.9 Å². The zero-order valence-corrected chi connectivity index (χ0v) is 19.5. The smallest absolute Gasteiger partial charge is 0.286 e. The van der Waals surface area contributed by atoms with Crippen LogP contribution in [-0.4, -0.2) is 48.6 Å². The zero-order chi connectivity index (χ0) is 21.8. The number of carbonyl (C=O) groups is 1. The van der Waals surface area contributed by atoms with Crippen LogP contribution in [0.15, 0.2) is 46.0 Å². The van der Waals surface area contributed by atoms with Crippen LogP contribution in [0.25, 0.3) is 0 Å². The van der Waals surface area contributed by atoms with E-state index in [4.69, 9.17) is 11.6 Å². The summed E-state index contributed by atoms with van der Waals surface area (Å²) in [6.45, 7) is 2.06. The van der Waals surface area contributed by atoms with Gasteiger partial charge in [-0.3, -0.25) is 9.69 Å². The summed E-state index contributed by atoms with van der Waals surface area (Å²) in [6, 6.07) is 10.1. The summed E-state index contributed by atoms with van der Waals surface area (Å²) in [7, 11) is -3.45. The Hall–Kier alpha value is -1.89. The summed E-state index contributed by atoms with van der Waals surface area (Å²) >= 11 is 8.32. The number of rotatable bonds is 7. The second-order valence-electron chi connectivity index (χ2n) is 7.07. The number of benzene rings is 1. The molecule has 1 saturated heterocycles. The first kappa shape index (κ1) is 22.3. The van der Waals surface area contributed by atoms with Gasteiger partial charge in [-0.05, 0) is 48.6 Å². The molecule has 0 aliphatic carbocycles. The van der Waals surface area contributed by atoms with E-state index < -0.39 is 10.0 Å². The summed E-state index contributed by atoms with van der Waals surface area (Å²) < 4.78 is 27.9. The minimum Gasteiger partial charge on any atom is -0.320 e. The zero-order valence-electron chi connectivity index (χ0n) is 16.3. The third-order valence-electron chi connectivity index (χ3n) is 4.79. The number of anilines is 1. The van der Waals surface area contributed by atoms with Crippen LogP contribution < -0.4 is 10.0 Å². The molecular weight excluding hydrogens is 478 g/mol. The Morgan fingerprint density at radius 2 is 1.90 bits per heavy atom. The maximum atomic E-state index is 12.4. The number of aromatic nitrogens is 2. The number of hydrogen-bond acceptors (Lipinski definition) is 8. The Bertz CT molecular complexity index is 1130. The Kier molecular flexibility index (Phi) is 6.99. The third kappa shape index (κ3) is 5.88. The van der Waals surface area contributed by atoms with Gasteiger partial charge in [0.1, 0.15) is 9.22 Å². The highest BCUT2D eigenvalue weighted by Gasteiger charge is 2.26. The highest BCUT2D eigenvalue weighted by atomic mass is 35.5. The first-order chi connectivity index (χ1) is 14.9. The van der Waals surface area contributed by atoms with Gasteiger partial charge in [0.15, 0.2) is 0 Å². The van der Waals surface area contributed by atoms with Crippen molar-refractivity contribution < 1.29 is 13.2 Å². The maximum Gasteiger partial charge on any atom is 0.286 e. The quantitative estimate of drug-likeness (QED) is 0.518. The van der Waals surface area contributed by atoms with E-state index in [9.17, 15) is 13.2 Å². The van der Waals surface area contributed by atoms with Crippen molar-refractivity contribution in [1.82, 2.24) is 19.8 Å². The number of thiophene rings is 1. The molecule has 3 heterocycles. The standard InChI is InChI=1S/C19H20ClN5O3S3/c20-13-3-5-14(6-4-13)21-18(26)19-23-22-16(30-19)12-25-9-7-15(8-10-25)24-31(27,28)17-2-1-11-29-17/h1-6,11,15,24H,7-10,12H2,(H,21,26). The van der Waals surface area contributed by atoms with E-state index in [1.807, 2.05) is 0 Å². The van der Waals surface area contributed by atoms with Gasteiger partial charge in [-0.1, -0.05) is 29.0 Å². The first-order valence-corrected chi connectivity index (χ1v) is 13.1. The number of likely N-dealkylation sites (tertiary alicyclic amines) is 1.